The Labute approximate surface area is 108 Å². The summed E-state index contributed by atoms with van der Waals surface area (Å²) in [6.07, 6.45) is 5.42. The highest BCUT2D eigenvalue weighted by Gasteiger charge is 1.98. The third-order valence-electron chi connectivity index (χ3n) is 2.83. The van der Waals surface area contributed by atoms with Gasteiger partial charge in [0.1, 0.15) is 0 Å². The van der Waals surface area contributed by atoms with Crippen LogP contribution in [0.1, 0.15) is 11.1 Å². The molecule has 0 aliphatic rings. The normalized spacial score (nSPS) is 10.4. The molecule has 0 bridgehead atoms. The van der Waals surface area contributed by atoms with Gasteiger partial charge in [0.25, 0.3) is 0 Å². The van der Waals surface area contributed by atoms with Crippen molar-refractivity contribution >= 4 is 5.69 Å². The second-order valence-electron chi connectivity index (χ2n) is 4.17. The summed E-state index contributed by atoms with van der Waals surface area (Å²) in [6, 6.07) is 11.9. The number of ether oxygens (including phenoxy) is 1. The highest BCUT2D eigenvalue weighted by Crippen LogP contribution is 2.10. The molecule has 18 heavy (non-hydrogen) atoms. The van der Waals surface area contributed by atoms with E-state index in [0.29, 0.717) is 6.61 Å². The van der Waals surface area contributed by atoms with Crippen molar-refractivity contribution in [3.63, 3.8) is 0 Å². The number of nitrogens with zero attached hydrogens (tertiary/aromatic N) is 1. The zero-order chi connectivity index (χ0) is 12.6. The third-order valence-corrected chi connectivity index (χ3v) is 2.83. The molecule has 1 aromatic heterocycles. The smallest absolute Gasteiger partial charge is 0.0507 e. The predicted molar refractivity (Wildman–Crippen MR) is 73.3 cm³/mol. The largest absolute Gasteiger partial charge is 0.399 e. The molecule has 0 aliphatic carbocycles. The summed E-state index contributed by atoms with van der Waals surface area (Å²) in [7, 11) is 0. The Kier molecular flexibility index (Phi) is 4.73. The van der Waals surface area contributed by atoms with E-state index in [1.54, 1.807) is 6.20 Å². The first-order valence-corrected chi connectivity index (χ1v) is 6.16. The van der Waals surface area contributed by atoms with Gasteiger partial charge < -0.3 is 10.5 Å². The molecule has 1 heterocycles. The van der Waals surface area contributed by atoms with E-state index in [1.165, 1.54) is 5.56 Å². The zero-order valence-electron chi connectivity index (χ0n) is 10.4. The fraction of sp³-hybridized carbons (Fsp3) is 0.267. The lowest BCUT2D eigenvalue weighted by molar-refractivity contribution is 0.140. The molecule has 2 rings (SSSR count). The van der Waals surface area contributed by atoms with Gasteiger partial charge in [0.2, 0.25) is 0 Å². The van der Waals surface area contributed by atoms with Crippen molar-refractivity contribution in [3.8, 4) is 0 Å². The molecule has 0 saturated heterocycles. The van der Waals surface area contributed by atoms with Crippen LogP contribution in [0, 0.1) is 0 Å². The SMILES string of the molecule is Nc1ccccc1CCOCCc1cccnc1. The third kappa shape index (κ3) is 3.86. The van der Waals surface area contributed by atoms with Gasteiger partial charge in [-0.25, -0.2) is 0 Å². The van der Waals surface area contributed by atoms with Gasteiger partial charge in [-0.3, -0.25) is 4.98 Å². The molecule has 0 radical (unpaired) electrons. The van der Waals surface area contributed by atoms with Gasteiger partial charge in [-0.15, -0.1) is 0 Å². The first-order chi connectivity index (χ1) is 8.86. The van der Waals surface area contributed by atoms with Gasteiger partial charge in [-0.05, 0) is 36.1 Å². The minimum absolute atomic E-state index is 0.703. The van der Waals surface area contributed by atoms with Crippen molar-refractivity contribution in [2.75, 3.05) is 18.9 Å². The zero-order valence-corrected chi connectivity index (χ0v) is 10.4. The predicted octanol–water partition coefficient (Wildman–Crippen LogP) is 2.47. The van der Waals surface area contributed by atoms with Crippen molar-refractivity contribution in [1.29, 1.82) is 0 Å². The number of aromatic nitrogens is 1. The molecule has 0 unspecified atom stereocenters. The van der Waals surface area contributed by atoms with Gasteiger partial charge in [0, 0.05) is 18.1 Å². The van der Waals surface area contributed by atoms with Crippen LogP contribution >= 0.6 is 0 Å². The van der Waals surface area contributed by atoms with Crippen LogP contribution in [0.25, 0.3) is 0 Å². The topological polar surface area (TPSA) is 48.1 Å². The highest BCUT2D eigenvalue weighted by atomic mass is 16.5. The van der Waals surface area contributed by atoms with Crippen molar-refractivity contribution in [3.05, 3.63) is 59.9 Å². The van der Waals surface area contributed by atoms with Crippen LogP contribution in [-0.4, -0.2) is 18.2 Å². The Morgan fingerprint density at radius 1 is 1.00 bits per heavy atom. The van der Waals surface area contributed by atoms with E-state index in [1.807, 2.05) is 36.5 Å². The summed E-state index contributed by atoms with van der Waals surface area (Å²) < 4.78 is 5.61. The molecule has 0 fully saturated rings. The number of anilines is 1. The van der Waals surface area contributed by atoms with Crippen LogP contribution in [0.2, 0.25) is 0 Å². The Hall–Kier alpha value is -1.87. The summed E-state index contributed by atoms with van der Waals surface area (Å²) in [5.74, 6) is 0. The van der Waals surface area contributed by atoms with Gasteiger partial charge in [-0.1, -0.05) is 24.3 Å². The molecule has 2 N–H and O–H groups in total. The molecular weight excluding hydrogens is 224 g/mol. The summed E-state index contributed by atoms with van der Waals surface area (Å²) in [5.41, 5.74) is 9.06. The van der Waals surface area contributed by atoms with Crippen LogP contribution in [0.5, 0.6) is 0 Å². The van der Waals surface area contributed by atoms with Crippen LogP contribution in [-0.2, 0) is 17.6 Å². The molecule has 94 valence electrons. The first-order valence-electron chi connectivity index (χ1n) is 6.16. The number of benzene rings is 1. The number of pyridine rings is 1. The van der Waals surface area contributed by atoms with Crippen molar-refractivity contribution in [2.45, 2.75) is 12.8 Å². The second kappa shape index (κ2) is 6.77. The van der Waals surface area contributed by atoms with E-state index in [4.69, 9.17) is 10.5 Å². The van der Waals surface area contributed by atoms with Gasteiger partial charge in [0.15, 0.2) is 0 Å². The molecule has 3 nitrogen and oxygen atoms in total. The number of hydrogen-bond acceptors (Lipinski definition) is 3. The maximum Gasteiger partial charge on any atom is 0.0507 e. The molecule has 2 aromatic rings. The molecular formula is C15H18N2O. The second-order valence-corrected chi connectivity index (χ2v) is 4.17. The Morgan fingerprint density at radius 2 is 1.83 bits per heavy atom. The number of nitrogen functional groups attached to an aromatic ring is 1. The van der Waals surface area contributed by atoms with Gasteiger partial charge >= 0.3 is 0 Å². The summed E-state index contributed by atoms with van der Waals surface area (Å²) in [5, 5.41) is 0. The van der Waals surface area contributed by atoms with Crippen LogP contribution in [0.4, 0.5) is 5.69 Å². The number of nitrogens with two attached hydrogens (primary N) is 1. The van der Waals surface area contributed by atoms with E-state index < -0.39 is 0 Å². The lowest BCUT2D eigenvalue weighted by Crippen LogP contribution is -2.04. The lowest BCUT2D eigenvalue weighted by atomic mass is 10.1. The fourth-order valence-electron chi connectivity index (χ4n) is 1.78. The van der Waals surface area contributed by atoms with E-state index >= 15 is 0 Å². The Morgan fingerprint density at radius 3 is 2.61 bits per heavy atom. The highest BCUT2D eigenvalue weighted by molar-refractivity contribution is 5.46. The average molecular weight is 242 g/mol. The van der Waals surface area contributed by atoms with Crippen molar-refractivity contribution < 1.29 is 4.74 Å². The van der Waals surface area contributed by atoms with Crippen LogP contribution in [0.3, 0.4) is 0 Å². The summed E-state index contributed by atoms with van der Waals surface area (Å²) in [6.45, 7) is 1.42. The summed E-state index contributed by atoms with van der Waals surface area (Å²) >= 11 is 0. The minimum atomic E-state index is 0.703. The first kappa shape index (κ1) is 12.6. The van der Waals surface area contributed by atoms with Crippen molar-refractivity contribution in [1.82, 2.24) is 4.98 Å². The molecule has 0 amide bonds. The Bertz CT molecular complexity index is 471. The van der Waals surface area contributed by atoms with E-state index in [-0.39, 0.29) is 0 Å². The average Bonchev–Trinajstić information content (AvgIpc) is 2.42. The fourth-order valence-corrected chi connectivity index (χ4v) is 1.78. The monoisotopic (exact) mass is 242 g/mol. The maximum absolute atomic E-state index is 5.86. The molecule has 0 saturated carbocycles. The minimum Gasteiger partial charge on any atom is -0.399 e. The van der Waals surface area contributed by atoms with Crippen molar-refractivity contribution in [2.24, 2.45) is 0 Å². The van der Waals surface area contributed by atoms with Gasteiger partial charge in [-0.2, -0.15) is 0 Å². The Balaban J connectivity index is 1.66. The molecule has 1 aromatic carbocycles. The van der Waals surface area contributed by atoms with E-state index in [9.17, 15) is 0 Å². The molecule has 0 atom stereocenters. The molecule has 0 spiro atoms. The summed E-state index contributed by atoms with van der Waals surface area (Å²) in [4.78, 5) is 4.07. The van der Waals surface area contributed by atoms with Crippen LogP contribution in [0.15, 0.2) is 48.8 Å². The lowest BCUT2D eigenvalue weighted by Gasteiger charge is -2.06. The molecule has 3 heteroatoms. The number of para-hydroxylation sites is 1. The molecule has 0 aliphatic heterocycles. The number of hydrogen-bond donors (Lipinski definition) is 1. The maximum atomic E-state index is 5.86. The van der Waals surface area contributed by atoms with Crippen LogP contribution < -0.4 is 5.73 Å². The van der Waals surface area contributed by atoms with E-state index in [0.717, 1.165) is 30.7 Å². The van der Waals surface area contributed by atoms with Gasteiger partial charge in [0.05, 0.1) is 13.2 Å². The number of rotatable bonds is 6. The standard InChI is InChI=1S/C15H18N2O/c16-15-6-2-1-5-14(15)8-11-18-10-7-13-4-3-9-17-12-13/h1-6,9,12H,7-8,10-11,16H2. The quantitative estimate of drug-likeness (QED) is 0.625. The van der Waals surface area contributed by atoms with E-state index in [2.05, 4.69) is 11.1 Å².